The van der Waals surface area contributed by atoms with E-state index in [2.05, 4.69) is 12.2 Å². The fraction of sp³-hybridized carbons (Fsp3) is 0.895. The molecule has 0 spiro atoms. The van der Waals surface area contributed by atoms with Gasteiger partial charge in [-0.15, -0.1) is 0 Å². The maximum absolute atomic E-state index is 12.1. The van der Waals surface area contributed by atoms with Crippen LogP contribution in [0.25, 0.3) is 0 Å². The summed E-state index contributed by atoms with van der Waals surface area (Å²) in [6.45, 7) is 10.0. The van der Waals surface area contributed by atoms with Gasteiger partial charge < -0.3 is 29.0 Å². The molecule has 27 heavy (non-hydrogen) atoms. The third-order valence-electron chi connectivity index (χ3n) is 6.44. The summed E-state index contributed by atoms with van der Waals surface area (Å²) in [7, 11) is 1.36. The molecule has 4 unspecified atom stereocenters. The van der Waals surface area contributed by atoms with Gasteiger partial charge in [0, 0.05) is 5.92 Å². The van der Waals surface area contributed by atoms with E-state index in [1.165, 1.54) is 7.11 Å². The van der Waals surface area contributed by atoms with Crippen molar-refractivity contribution < 1.29 is 33.3 Å². The molecule has 0 aromatic heterocycles. The first-order chi connectivity index (χ1) is 12.8. The molecule has 10 atom stereocenters. The zero-order valence-electron chi connectivity index (χ0n) is 16.8. The van der Waals surface area contributed by atoms with Crippen molar-refractivity contribution in [1.29, 1.82) is 0 Å². The van der Waals surface area contributed by atoms with Crippen LogP contribution in [0, 0.1) is 17.8 Å². The highest BCUT2D eigenvalue weighted by atomic mass is 16.7. The molecule has 0 aromatic carbocycles. The number of rotatable bonds is 4. The van der Waals surface area contributed by atoms with Gasteiger partial charge in [0.1, 0.15) is 6.10 Å². The minimum absolute atomic E-state index is 0.00984. The summed E-state index contributed by atoms with van der Waals surface area (Å²) in [5.74, 6) is -0.143. The summed E-state index contributed by atoms with van der Waals surface area (Å²) in [5.41, 5.74) is 0. The Morgan fingerprint density at radius 2 is 1.81 bits per heavy atom. The van der Waals surface area contributed by atoms with Crippen molar-refractivity contribution in [1.82, 2.24) is 5.32 Å². The van der Waals surface area contributed by atoms with Gasteiger partial charge in [-0.2, -0.15) is 0 Å². The second kappa shape index (κ2) is 7.93. The molecule has 0 aromatic rings. The molecular formula is C19H31NO7. The van der Waals surface area contributed by atoms with Crippen molar-refractivity contribution in [3.8, 4) is 0 Å². The van der Waals surface area contributed by atoms with Crippen LogP contribution in [-0.2, 0) is 28.5 Å². The second-order valence-electron chi connectivity index (χ2n) is 7.95. The van der Waals surface area contributed by atoms with Crippen LogP contribution in [0.4, 0.5) is 4.79 Å². The first kappa shape index (κ1) is 20.4. The Bertz CT molecular complexity index is 570. The van der Waals surface area contributed by atoms with E-state index in [1.54, 1.807) is 0 Å². The van der Waals surface area contributed by atoms with E-state index in [0.717, 1.165) is 0 Å². The zero-order valence-corrected chi connectivity index (χ0v) is 16.8. The van der Waals surface area contributed by atoms with Gasteiger partial charge in [-0.3, -0.25) is 0 Å². The van der Waals surface area contributed by atoms with E-state index in [9.17, 15) is 9.59 Å². The Morgan fingerprint density at radius 1 is 1.11 bits per heavy atom. The third-order valence-corrected chi connectivity index (χ3v) is 6.44. The molecule has 3 saturated heterocycles. The average Bonchev–Trinajstić information content (AvgIpc) is 3.05. The van der Waals surface area contributed by atoms with E-state index in [-0.39, 0.29) is 36.0 Å². The summed E-state index contributed by atoms with van der Waals surface area (Å²) in [5, 5.41) is 2.80. The predicted octanol–water partition coefficient (Wildman–Crippen LogP) is 1.85. The van der Waals surface area contributed by atoms with Gasteiger partial charge in [0.05, 0.1) is 25.4 Å². The molecular weight excluding hydrogens is 354 g/mol. The first-order valence-electron chi connectivity index (χ1n) is 9.79. The van der Waals surface area contributed by atoms with Gasteiger partial charge in [0.2, 0.25) is 0 Å². The summed E-state index contributed by atoms with van der Waals surface area (Å²) >= 11 is 0. The van der Waals surface area contributed by atoms with Crippen LogP contribution in [0.3, 0.4) is 0 Å². The van der Waals surface area contributed by atoms with E-state index in [4.69, 9.17) is 23.7 Å². The molecule has 3 rings (SSSR count). The van der Waals surface area contributed by atoms with Gasteiger partial charge in [-0.05, 0) is 25.2 Å². The van der Waals surface area contributed by atoms with Crippen LogP contribution in [0.15, 0.2) is 0 Å². The number of amides is 1. The van der Waals surface area contributed by atoms with Crippen molar-refractivity contribution >= 4 is 12.1 Å². The molecule has 3 fully saturated rings. The van der Waals surface area contributed by atoms with Gasteiger partial charge in [-0.1, -0.05) is 27.7 Å². The quantitative estimate of drug-likeness (QED) is 0.738. The minimum atomic E-state index is -0.685. The standard InChI is InChI=1S/C19H31NO7/c1-7-12-15(16-13(11(5)24-12)20-19(22)27-16)26-18-10(4)8(2)9(3)14(25-18)17(21)23-6/h8-16,18H,7H2,1-6H3,(H,20,22)/t8?,9-,10-,11-,12?,13+,14?,15+,16?,18-/m0/s1. The Kier molecular flexibility index (Phi) is 5.98. The average molecular weight is 385 g/mol. The number of nitrogens with one attached hydrogen (secondary N) is 1. The minimum Gasteiger partial charge on any atom is -0.467 e. The van der Waals surface area contributed by atoms with Crippen LogP contribution in [0.5, 0.6) is 0 Å². The number of ether oxygens (including phenoxy) is 5. The second-order valence-corrected chi connectivity index (χ2v) is 7.95. The number of hydrogen-bond acceptors (Lipinski definition) is 7. The molecule has 0 aliphatic carbocycles. The third kappa shape index (κ3) is 3.67. The molecule has 0 bridgehead atoms. The van der Waals surface area contributed by atoms with Crippen LogP contribution in [-0.4, -0.2) is 62.0 Å². The largest absolute Gasteiger partial charge is 0.467 e. The lowest BCUT2D eigenvalue weighted by Crippen LogP contribution is -2.61. The number of esters is 1. The molecule has 1 amide bonds. The first-order valence-corrected chi connectivity index (χ1v) is 9.79. The number of carbonyl (C=O) groups is 2. The summed E-state index contributed by atoms with van der Waals surface area (Å²) < 4.78 is 28.8. The SMILES string of the molecule is CCC1O[C@@H](C)[C@H]2NC(=O)OC2[C@@H]1O[C@@H]1OC(C(=O)OC)[C@@H](C)C(C)[C@@H]1C. The Balaban J connectivity index is 1.80. The highest BCUT2D eigenvalue weighted by Gasteiger charge is 2.53. The number of hydrogen-bond donors (Lipinski definition) is 1. The van der Waals surface area contributed by atoms with Gasteiger partial charge in [0.15, 0.2) is 18.5 Å². The number of methoxy groups -OCH3 is 1. The topological polar surface area (TPSA) is 92.3 Å². The van der Waals surface area contributed by atoms with Crippen molar-refractivity contribution in [2.45, 2.75) is 83.9 Å². The Hall–Kier alpha value is -1.38. The molecule has 8 nitrogen and oxygen atoms in total. The van der Waals surface area contributed by atoms with Crippen LogP contribution >= 0.6 is 0 Å². The highest BCUT2D eigenvalue weighted by Crippen LogP contribution is 2.39. The maximum Gasteiger partial charge on any atom is 0.408 e. The van der Waals surface area contributed by atoms with Crippen molar-refractivity contribution in [2.75, 3.05) is 7.11 Å². The van der Waals surface area contributed by atoms with Gasteiger partial charge in [-0.25, -0.2) is 9.59 Å². The molecule has 3 heterocycles. The normalized spacial score (nSPS) is 47.0. The lowest BCUT2D eigenvalue weighted by Gasteiger charge is -2.46. The lowest BCUT2D eigenvalue weighted by atomic mass is 9.79. The Labute approximate surface area is 160 Å². The molecule has 0 radical (unpaired) electrons. The van der Waals surface area contributed by atoms with E-state index < -0.39 is 36.7 Å². The molecule has 154 valence electrons. The highest BCUT2D eigenvalue weighted by molar-refractivity contribution is 5.75. The lowest BCUT2D eigenvalue weighted by molar-refractivity contribution is -0.297. The molecule has 0 saturated carbocycles. The molecule has 3 aliphatic rings. The summed E-state index contributed by atoms with van der Waals surface area (Å²) in [6, 6.07) is -0.267. The maximum atomic E-state index is 12.1. The fourth-order valence-electron chi connectivity index (χ4n) is 4.34. The predicted molar refractivity (Wildman–Crippen MR) is 94.9 cm³/mol. The van der Waals surface area contributed by atoms with E-state index in [0.29, 0.717) is 6.42 Å². The van der Waals surface area contributed by atoms with E-state index in [1.807, 2.05) is 27.7 Å². The van der Waals surface area contributed by atoms with Crippen LogP contribution < -0.4 is 5.32 Å². The van der Waals surface area contributed by atoms with Crippen LogP contribution in [0.2, 0.25) is 0 Å². The summed E-state index contributed by atoms with van der Waals surface area (Å²) in [4.78, 5) is 23.9. The molecule has 1 N–H and O–H groups in total. The van der Waals surface area contributed by atoms with Crippen molar-refractivity contribution in [3.63, 3.8) is 0 Å². The fourth-order valence-corrected chi connectivity index (χ4v) is 4.34. The van der Waals surface area contributed by atoms with Crippen LogP contribution in [0.1, 0.15) is 41.0 Å². The smallest absolute Gasteiger partial charge is 0.408 e. The molecule has 8 heteroatoms. The van der Waals surface area contributed by atoms with Gasteiger partial charge >= 0.3 is 12.1 Å². The number of fused-ring (bicyclic) bond motifs is 1. The zero-order chi connectivity index (χ0) is 19.9. The molecule has 3 aliphatic heterocycles. The Morgan fingerprint density at radius 3 is 2.44 bits per heavy atom. The summed E-state index contributed by atoms with van der Waals surface area (Å²) in [6.07, 6.45) is -2.36. The van der Waals surface area contributed by atoms with Crippen molar-refractivity contribution in [3.05, 3.63) is 0 Å². The van der Waals surface area contributed by atoms with Gasteiger partial charge in [0.25, 0.3) is 0 Å². The monoisotopic (exact) mass is 385 g/mol. The van der Waals surface area contributed by atoms with Crippen molar-refractivity contribution in [2.24, 2.45) is 17.8 Å². The number of alkyl carbamates (subject to hydrolysis) is 1. The number of carbonyl (C=O) groups excluding carboxylic acids is 2. The van der Waals surface area contributed by atoms with E-state index >= 15 is 0 Å².